The fourth-order valence-corrected chi connectivity index (χ4v) is 2.75. The topological polar surface area (TPSA) is 104 Å². The largest absolute Gasteiger partial charge is 0.462 e. The summed E-state index contributed by atoms with van der Waals surface area (Å²) in [6.07, 6.45) is 2.80. The number of amides is 1. The highest BCUT2D eigenvalue weighted by atomic mass is 32.2. The molecule has 2 N–H and O–H groups in total. The number of rotatable bonds is 7. The Morgan fingerprint density at radius 3 is 2.92 bits per heavy atom. The van der Waals surface area contributed by atoms with Crippen LogP contribution in [0.25, 0.3) is 10.9 Å². The van der Waals surface area contributed by atoms with Crippen molar-refractivity contribution in [2.45, 2.75) is 11.8 Å². The molecule has 128 valence electrons. The Labute approximate surface area is 149 Å². The molecule has 1 aromatic carbocycles. The summed E-state index contributed by atoms with van der Waals surface area (Å²) < 4.78 is 4.71. The van der Waals surface area contributed by atoms with Gasteiger partial charge in [0.1, 0.15) is 6.07 Å². The zero-order valence-electron chi connectivity index (χ0n) is 13.5. The Morgan fingerprint density at radius 1 is 1.36 bits per heavy atom. The van der Waals surface area contributed by atoms with Crippen molar-refractivity contribution >= 4 is 34.5 Å². The van der Waals surface area contributed by atoms with Crippen molar-refractivity contribution in [1.82, 2.24) is 15.8 Å². The van der Waals surface area contributed by atoms with Crippen LogP contribution in [0.15, 0.2) is 53.2 Å². The number of thioether (sulfide) groups is 1. The maximum Gasteiger partial charge on any atom is 0.350 e. The molecule has 0 radical (unpaired) electrons. The van der Waals surface area contributed by atoms with E-state index in [0.717, 1.165) is 22.0 Å². The lowest BCUT2D eigenvalue weighted by atomic mass is 10.2. The summed E-state index contributed by atoms with van der Waals surface area (Å²) in [5.74, 6) is -0.907. The highest BCUT2D eigenvalue weighted by Gasteiger charge is 2.10. The fourth-order valence-electron chi connectivity index (χ4n) is 1.91. The zero-order chi connectivity index (χ0) is 18.1. The standard InChI is InChI=1S/C17H16N4O3S/c1-2-24-17(23)13(9-18)10-20-21-15(22)11-25-14-7-3-5-12-6-4-8-19-16(12)14/h3-8,10,20H,2,11H2,1H3,(H,21,22)/b13-10+. The molecule has 0 atom stereocenters. The maximum absolute atomic E-state index is 11.9. The van der Waals surface area contributed by atoms with Crippen LogP contribution in [0.4, 0.5) is 0 Å². The van der Waals surface area contributed by atoms with Gasteiger partial charge in [0.2, 0.25) is 5.91 Å². The van der Waals surface area contributed by atoms with Gasteiger partial charge in [-0.15, -0.1) is 11.8 Å². The number of esters is 1. The van der Waals surface area contributed by atoms with E-state index in [9.17, 15) is 9.59 Å². The average Bonchev–Trinajstić information content (AvgIpc) is 2.63. The number of nitrogens with one attached hydrogen (secondary N) is 2. The second kappa shape index (κ2) is 9.30. The number of carbonyl (C=O) groups excluding carboxylic acids is 2. The Balaban J connectivity index is 1.88. The highest BCUT2D eigenvalue weighted by molar-refractivity contribution is 8.00. The Hall–Kier alpha value is -3.05. The van der Waals surface area contributed by atoms with E-state index in [2.05, 4.69) is 15.8 Å². The molecule has 1 heterocycles. The minimum absolute atomic E-state index is 0.151. The van der Waals surface area contributed by atoms with Crippen molar-refractivity contribution in [1.29, 1.82) is 5.26 Å². The molecule has 1 aromatic heterocycles. The SMILES string of the molecule is CCOC(=O)/C(C#N)=C/NNC(=O)CSc1cccc2cccnc12. The first-order chi connectivity index (χ1) is 12.2. The van der Waals surface area contributed by atoms with Gasteiger partial charge in [-0.25, -0.2) is 4.79 Å². The third kappa shape index (κ3) is 5.22. The summed E-state index contributed by atoms with van der Waals surface area (Å²) >= 11 is 1.35. The number of aromatic nitrogens is 1. The molecule has 0 fully saturated rings. The molecule has 2 aromatic rings. The number of carbonyl (C=O) groups is 2. The zero-order valence-corrected chi connectivity index (χ0v) is 14.3. The van der Waals surface area contributed by atoms with Crippen LogP contribution in [0.3, 0.4) is 0 Å². The number of nitriles is 1. The molecule has 0 aliphatic rings. The van der Waals surface area contributed by atoms with Gasteiger partial charge in [-0.2, -0.15) is 5.26 Å². The summed E-state index contributed by atoms with van der Waals surface area (Å²) in [5.41, 5.74) is 5.44. The smallest absolute Gasteiger partial charge is 0.350 e. The quantitative estimate of drug-likeness (QED) is 0.257. The lowest BCUT2D eigenvalue weighted by Crippen LogP contribution is -2.35. The predicted octanol–water partition coefficient (Wildman–Crippen LogP) is 1.92. The van der Waals surface area contributed by atoms with Gasteiger partial charge in [0.15, 0.2) is 5.57 Å². The van der Waals surface area contributed by atoms with Crippen LogP contribution in [0.5, 0.6) is 0 Å². The number of hydrogen-bond donors (Lipinski definition) is 2. The van der Waals surface area contributed by atoms with Crippen molar-refractivity contribution in [2.24, 2.45) is 0 Å². The molecule has 1 amide bonds. The second-order valence-corrected chi connectivity index (χ2v) is 5.72. The first-order valence-electron chi connectivity index (χ1n) is 7.44. The third-order valence-electron chi connectivity index (χ3n) is 3.00. The fraction of sp³-hybridized carbons (Fsp3) is 0.176. The first kappa shape index (κ1) is 18.3. The number of hydrogen-bond acceptors (Lipinski definition) is 7. The van der Waals surface area contributed by atoms with E-state index < -0.39 is 5.97 Å². The second-order valence-electron chi connectivity index (χ2n) is 4.70. The number of para-hydroxylation sites is 1. The van der Waals surface area contributed by atoms with Crippen LogP contribution < -0.4 is 10.9 Å². The van der Waals surface area contributed by atoms with E-state index in [4.69, 9.17) is 10.00 Å². The minimum Gasteiger partial charge on any atom is -0.462 e. The van der Waals surface area contributed by atoms with Crippen LogP contribution in [0.1, 0.15) is 6.92 Å². The molecule has 0 aliphatic carbocycles. The molecule has 0 saturated carbocycles. The molecule has 7 nitrogen and oxygen atoms in total. The maximum atomic E-state index is 11.9. The summed E-state index contributed by atoms with van der Waals surface area (Å²) in [6.45, 7) is 1.81. The summed E-state index contributed by atoms with van der Waals surface area (Å²) in [5, 5.41) is 9.86. The summed E-state index contributed by atoms with van der Waals surface area (Å²) in [4.78, 5) is 28.5. The van der Waals surface area contributed by atoms with Gasteiger partial charge in [-0.1, -0.05) is 18.2 Å². The number of hydrazine groups is 1. The summed E-state index contributed by atoms with van der Waals surface area (Å²) in [6, 6.07) is 11.3. The van der Waals surface area contributed by atoms with Crippen molar-refractivity contribution in [3.05, 3.63) is 48.3 Å². The van der Waals surface area contributed by atoms with Gasteiger partial charge in [0, 0.05) is 22.7 Å². The van der Waals surface area contributed by atoms with Crippen LogP contribution in [0.2, 0.25) is 0 Å². The molecule has 0 unspecified atom stereocenters. The number of ether oxygens (including phenoxy) is 1. The van der Waals surface area contributed by atoms with Gasteiger partial charge in [-0.05, 0) is 19.1 Å². The average molecular weight is 356 g/mol. The van der Waals surface area contributed by atoms with Crippen molar-refractivity contribution in [2.75, 3.05) is 12.4 Å². The minimum atomic E-state index is -0.747. The third-order valence-corrected chi connectivity index (χ3v) is 4.05. The van der Waals surface area contributed by atoms with Gasteiger partial charge in [0.25, 0.3) is 0 Å². The van der Waals surface area contributed by atoms with Gasteiger partial charge in [-0.3, -0.25) is 15.2 Å². The number of benzene rings is 1. The number of nitrogens with zero attached hydrogens (tertiary/aromatic N) is 2. The first-order valence-corrected chi connectivity index (χ1v) is 8.42. The Bertz CT molecular complexity index is 840. The number of pyridine rings is 1. The lowest BCUT2D eigenvalue weighted by molar-refractivity contribution is -0.138. The number of fused-ring (bicyclic) bond motifs is 1. The molecule has 0 spiro atoms. The molecule has 8 heteroatoms. The van der Waals surface area contributed by atoms with E-state index >= 15 is 0 Å². The van der Waals surface area contributed by atoms with Gasteiger partial charge in [0.05, 0.1) is 17.9 Å². The molecular formula is C17H16N4O3S. The monoisotopic (exact) mass is 356 g/mol. The van der Waals surface area contributed by atoms with Crippen molar-refractivity contribution in [3.63, 3.8) is 0 Å². The van der Waals surface area contributed by atoms with E-state index in [1.165, 1.54) is 11.8 Å². The molecular weight excluding hydrogens is 340 g/mol. The van der Waals surface area contributed by atoms with Crippen LogP contribution >= 0.6 is 11.8 Å². The van der Waals surface area contributed by atoms with E-state index in [1.54, 1.807) is 19.2 Å². The van der Waals surface area contributed by atoms with E-state index in [1.807, 2.05) is 30.3 Å². The van der Waals surface area contributed by atoms with Crippen LogP contribution in [-0.4, -0.2) is 29.2 Å². The highest BCUT2D eigenvalue weighted by Crippen LogP contribution is 2.25. The molecule has 2 rings (SSSR count). The van der Waals surface area contributed by atoms with Crippen LogP contribution in [0, 0.1) is 11.3 Å². The molecule has 25 heavy (non-hydrogen) atoms. The lowest BCUT2D eigenvalue weighted by Gasteiger charge is -2.07. The van der Waals surface area contributed by atoms with Crippen LogP contribution in [-0.2, 0) is 14.3 Å². The van der Waals surface area contributed by atoms with Crippen molar-refractivity contribution < 1.29 is 14.3 Å². The van der Waals surface area contributed by atoms with E-state index in [0.29, 0.717) is 0 Å². The molecule has 0 bridgehead atoms. The van der Waals surface area contributed by atoms with Crippen molar-refractivity contribution in [3.8, 4) is 6.07 Å². The summed E-state index contributed by atoms with van der Waals surface area (Å²) in [7, 11) is 0. The molecule has 0 aliphatic heterocycles. The Morgan fingerprint density at radius 2 is 2.16 bits per heavy atom. The predicted molar refractivity (Wildman–Crippen MR) is 94.1 cm³/mol. The normalized spacial score (nSPS) is 10.8. The Kier molecular flexibility index (Phi) is 6.80. The molecule has 0 saturated heterocycles. The van der Waals surface area contributed by atoms with E-state index in [-0.39, 0.29) is 23.8 Å². The van der Waals surface area contributed by atoms with Gasteiger partial charge < -0.3 is 10.2 Å². The van der Waals surface area contributed by atoms with Gasteiger partial charge >= 0.3 is 5.97 Å².